The van der Waals surface area contributed by atoms with Gasteiger partial charge in [-0.25, -0.2) is 9.78 Å². The third-order valence-corrected chi connectivity index (χ3v) is 9.04. The summed E-state index contributed by atoms with van der Waals surface area (Å²) >= 11 is 0. The standard InChI is InChI=1S/C41H39N3O4/c1-28-38(32-19-20-36-33(21-32)22-34-23-35(43(2)3)24-44(34)36)42-40(47-26-30-15-9-5-10-16-30)37(39(28)46-25-29-13-7-4-8-14-29)41(45)48-27-31-17-11-6-12-18-31/h4-22,35H,23-27H2,1-3H3. The number of esters is 1. The van der Waals surface area contributed by atoms with Crippen LogP contribution < -0.4 is 9.47 Å². The molecule has 4 aromatic carbocycles. The van der Waals surface area contributed by atoms with Crippen molar-refractivity contribution in [1.29, 1.82) is 0 Å². The van der Waals surface area contributed by atoms with Crippen LogP contribution in [0.15, 0.2) is 115 Å². The summed E-state index contributed by atoms with van der Waals surface area (Å²) < 4.78 is 21.2. The summed E-state index contributed by atoms with van der Waals surface area (Å²) in [6.45, 7) is 3.52. The first-order valence-electron chi connectivity index (χ1n) is 16.3. The van der Waals surface area contributed by atoms with E-state index in [2.05, 4.69) is 47.8 Å². The smallest absolute Gasteiger partial charge is 0.347 e. The number of carbonyl (C=O) groups is 1. The minimum atomic E-state index is -0.554. The number of likely N-dealkylation sites (N-methyl/N-ethyl adjacent to an activating group) is 1. The zero-order chi connectivity index (χ0) is 33.0. The molecule has 0 spiro atoms. The van der Waals surface area contributed by atoms with Gasteiger partial charge in [0, 0.05) is 46.7 Å². The third-order valence-electron chi connectivity index (χ3n) is 9.04. The molecule has 7 rings (SSSR count). The predicted octanol–water partition coefficient (Wildman–Crippen LogP) is 8.01. The van der Waals surface area contributed by atoms with Crippen LogP contribution >= 0.6 is 0 Å². The van der Waals surface area contributed by atoms with Crippen LogP contribution in [0, 0.1) is 6.92 Å². The number of pyridine rings is 1. The Balaban J connectivity index is 1.31. The Morgan fingerprint density at radius 1 is 0.792 bits per heavy atom. The van der Waals surface area contributed by atoms with Gasteiger partial charge in [-0.05, 0) is 55.9 Å². The second-order valence-electron chi connectivity index (χ2n) is 12.5. The average molecular weight is 638 g/mol. The van der Waals surface area contributed by atoms with Crippen LogP contribution in [-0.2, 0) is 37.5 Å². The van der Waals surface area contributed by atoms with Gasteiger partial charge < -0.3 is 23.7 Å². The fourth-order valence-electron chi connectivity index (χ4n) is 6.35. The molecule has 6 aromatic rings. The first-order valence-corrected chi connectivity index (χ1v) is 16.3. The third kappa shape index (κ3) is 6.55. The quantitative estimate of drug-likeness (QED) is 0.134. The van der Waals surface area contributed by atoms with E-state index in [1.165, 1.54) is 11.2 Å². The van der Waals surface area contributed by atoms with E-state index in [1.54, 1.807) is 0 Å². The van der Waals surface area contributed by atoms with Crippen molar-refractivity contribution < 1.29 is 19.0 Å². The van der Waals surface area contributed by atoms with Gasteiger partial charge in [-0.15, -0.1) is 0 Å². The molecule has 1 aliphatic heterocycles. The van der Waals surface area contributed by atoms with Gasteiger partial charge >= 0.3 is 5.97 Å². The Kier molecular flexibility index (Phi) is 8.95. The predicted molar refractivity (Wildman–Crippen MR) is 188 cm³/mol. The number of nitrogens with zero attached hydrogens (tertiary/aromatic N) is 3. The summed E-state index contributed by atoms with van der Waals surface area (Å²) in [5, 5.41) is 1.16. The molecule has 0 saturated carbocycles. The highest BCUT2D eigenvalue weighted by atomic mass is 16.5. The van der Waals surface area contributed by atoms with Gasteiger partial charge in [0.05, 0.1) is 5.69 Å². The minimum Gasteiger partial charge on any atom is -0.487 e. The van der Waals surface area contributed by atoms with Crippen LogP contribution in [0.5, 0.6) is 11.6 Å². The lowest BCUT2D eigenvalue weighted by Gasteiger charge is -2.20. The Morgan fingerprint density at radius 3 is 2.02 bits per heavy atom. The van der Waals surface area contributed by atoms with E-state index >= 15 is 0 Å². The monoisotopic (exact) mass is 637 g/mol. The molecule has 1 unspecified atom stereocenters. The van der Waals surface area contributed by atoms with Crippen LogP contribution in [0.25, 0.3) is 22.2 Å². The summed E-state index contributed by atoms with van der Waals surface area (Å²) in [7, 11) is 4.28. The second kappa shape index (κ2) is 13.8. The van der Waals surface area contributed by atoms with Crippen molar-refractivity contribution in [2.24, 2.45) is 0 Å². The van der Waals surface area contributed by atoms with Crippen LogP contribution in [0.4, 0.5) is 0 Å². The Bertz CT molecular complexity index is 2040. The largest absolute Gasteiger partial charge is 0.487 e. The molecule has 7 heteroatoms. The lowest BCUT2D eigenvalue weighted by Crippen LogP contribution is -2.28. The number of hydrogen-bond donors (Lipinski definition) is 0. The lowest BCUT2D eigenvalue weighted by molar-refractivity contribution is 0.0460. The highest BCUT2D eigenvalue weighted by Crippen LogP contribution is 2.40. The highest BCUT2D eigenvalue weighted by molar-refractivity contribution is 5.97. The zero-order valence-electron chi connectivity index (χ0n) is 27.6. The number of benzene rings is 4. The van der Waals surface area contributed by atoms with Gasteiger partial charge in [-0.3, -0.25) is 0 Å². The molecule has 1 aliphatic rings. The number of aromatic nitrogens is 2. The van der Waals surface area contributed by atoms with Crippen LogP contribution in [0.3, 0.4) is 0 Å². The Labute approximate surface area is 281 Å². The molecule has 7 nitrogen and oxygen atoms in total. The van der Waals surface area contributed by atoms with E-state index in [-0.39, 0.29) is 31.3 Å². The molecule has 242 valence electrons. The molecule has 0 bridgehead atoms. The minimum absolute atomic E-state index is 0.112. The zero-order valence-corrected chi connectivity index (χ0v) is 27.6. The Morgan fingerprint density at radius 2 is 1.40 bits per heavy atom. The fourth-order valence-corrected chi connectivity index (χ4v) is 6.35. The van der Waals surface area contributed by atoms with Crippen LogP contribution in [0.1, 0.15) is 38.3 Å². The van der Waals surface area contributed by atoms with Gasteiger partial charge in [0.25, 0.3) is 0 Å². The summed E-state index contributed by atoms with van der Waals surface area (Å²) in [4.78, 5) is 21.3. The molecule has 1 atom stereocenters. The lowest BCUT2D eigenvalue weighted by atomic mass is 10.0. The molecular formula is C41H39N3O4. The average Bonchev–Trinajstić information content (AvgIpc) is 3.69. The first-order chi connectivity index (χ1) is 23.4. The van der Waals surface area contributed by atoms with E-state index in [1.807, 2.05) is 97.9 Å². The number of ether oxygens (including phenoxy) is 3. The molecule has 2 aromatic heterocycles. The molecule has 0 amide bonds. The Hall–Kier alpha value is -5.40. The summed E-state index contributed by atoms with van der Waals surface area (Å²) in [6.07, 6.45) is 1.02. The number of rotatable bonds is 11. The van der Waals surface area contributed by atoms with E-state index in [0.717, 1.165) is 46.2 Å². The molecule has 0 N–H and O–H groups in total. The molecule has 3 heterocycles. The van der Waals surface area contributed by atoms with Crippen molar-refractivity contribution in [2.75, 3.05) is 14.1 Å². The maximum atomic E-state index is 14.0. The van der Waals surface area contributed by atoms with Gasteiger partial charge in [0.15, 0.2) is 5.56 Å². The van der Waals surface area contributed by atoms with Crippen LogP contribution in [0.2, 0.25) is 0 Å². The molecule has 0 radical (unpaired) electrons. The number of carbonyl (C=O) groups excluding carboxylic acids is 1. The SMILES string of the molecule is Cc1c(-c2ccc3c(c2)cc2n3CC(N(C)C)C2)nc(OCc2ccccc2)c(C(=O)OCc2ccccc2)c1OCc1ccccc1. The van der Waals surface area contributed by atoms with Crippen molar-refractivity contribution in [3.63, 3.8) is 0 Å². The molecule has 0 aliphatic carbocycles. The van der Waals surface area contributed by atoms with E-state index < -0.39 is 5.97 Å². The summed E-state index contributed by atoms with van der Waals surface area (Å²) in [5.74, 6) is 0.0223. The normalized spacial score (nSPS) is 13.9. The van der Waals surface area contributed by atoms with Crippen molar-refractivity contribution in [2.45, 2.75) is 45.8 Å². The summed E-state index contributed by atoms with van der Waals surface area (Å²) in [5.41, 5.74) is 7.89. The molecular weight excluding hydrogens is 598 g/mol. The van der Waals surface area contributed by atoms with Crippen molar-refractivity contribution in [3.05, 3.63) is 149 Å². The van der Waals surface area contributed by atoms with E-state index in [0.29, 0.717) is 17.5 Å². The van der Waals surface area contributed by atoms with Crippen molar-refractivity contribution >= 4 is 16.9 Å². The second-order valence-corrected chi connectivity index (χ2v) is 12.5. The van der Waals surface area contributed by atoms with E-state index in [4.69, 9.17) is 19.2 Å². The number of fused-ring (bicyclic) bond motifs is 3. The first kappa shape index (κ1) is 31.2. The maximum absolute atomic E-state index is 14.0. The van der Waals surface area contributed by atoms with Crippen molar-refractivity contribution in [3.8, 4) is 22.9 Å². The topological polar surface area (TPSA) is 65.8 Å². The molecule has 0 fully saturated rings. The summed E-state index contributed by atoms with van der Waals surface area (Å²) in [6, 6.07) is 38.6. The van der Waals surface area contributed by atoms with Crippen molar-refractivity contribution in [1.82, 2.24) is 14.5 Å². The molecule has 48 heavy (non-hydrogen) atoms. The number of hydrogen-bond acceptors (Lipinski definition) is 6. The van der Waals surface area contributed by atoms with Gasteiger partial charge in [0.1, 0.15) is 25.6 Å². The maximum Gasteiger partial charge on any atom is 0.347 e. The van der Waals surface area contributed by atoms with Gasteiger partial charge in [-0.1, -0.05) is 97.1 Å². The van der Waals surface area contributed by atoms with E-state index in [9.17, 15) is 4.79 Å². The van der Waals surface area contributed by atoms with Gasteiger partial charge in [0.2, 0.25) is 5.88 Å². The highest BCUT2D eigenvalue weighted by Gasteiger charge is 2.29. The van der Waals surface area contributed by atoms with Gasteiger partial charge in [-0.2, -0.15) is 0 Å². The fraction of sp³-hybridized carbons (Fsp3) is 0.220. The van der Waals surface area contributed by atoms with Crippen LogP contribution in [-0.4, -0.2) is 40.6 Å². The molecule has 0 saturated heterocycles.